The zero-order chi connectivity index (χ0) is 17.0. The van der Waals surface area contributed by atoms with Gasteiger partial charge in [-0.2, -0.15) is 4.98 Å². The van der Waals surface area contributed by atoms with Crippen molar-refractivity contribution in [3.63, 3.8) is 0 Å². The second-order valence-corrected chi connectivity index (χ2v) is 9.44. The first kappa shape index (κ1) is 16.7. The lowest BCUT2D eigenvalue weighted by atomic mass is 10.0. The number of hydrogen-bond acceptors (Lipinski definition) is 7. The van der Waals surface area contributed by atoms with Crippen molar-refractivity contribution in [2.24, 2.45) is 0 Å². The summed E-state index contributed by atoms with van der Waals surface area (Å²) in [6.45, 7) is 6.73. The average molecular weight is 362 g/mol. The molecule has 2 aliphatic heterocycles. The molecule has 23 heavy (non-hydrogen) atoms. The molecule has 0 aliphatic carbocycles. The Morgan fingerprint density at radius 2 is 1.96 bits per heavy atom. The summed E-state index contributed by atoms with van der Waals surface area (Å²) in [7, 11) is -3.42. The Bertz CT molecular complexity index is 738. The van der Waals surface area contributed by atoms with Crippen LogP contribution in [-0.4, -0.2) is 56.5 Å². The maximum Gasteiger partial charge on any atom is 0.224 e. The first-order valence-electron chi connectivity index (χ1n) is 7.39. The number of morpholine rings is 1. The quantitative estimate of drug-likeness (QED) is 0.736. The summed E-state index contributed by atoms with van der Waals surface area (Å²) in [5.41, 5.74) is 0.298. The topological polar surface area (TPSA) is 81.6 Å². The van der Waals surface area contributed by atoms with E-state index in [0.717, 1.165) is 0 Å². The van der Waals surface area contributed by atoms with E-state index in [0.29, 0.717) is 37.1 Å². The van der Waals surface area contributed by atoms with Gasteiger partial charge in [-0.25, -0.2) is 13.4 Å². The zero-order valence-electron chi connectivity index (χ0n) is 13.5. The molecular weight excluding hydrogens is 342 g/mol. The summed E-state index contributed by atoms with van der Waals surface area (Å²) < 4.78 is 34.6. The Balaban J connectivity index is 2.20. The van der Waals surface area contributed by atoms with Crippen LogP contribution in [0, 0.1) is 0 Å². The first-order chi connectivity index (χ1) is 10.6. The molecule has 1 saturated heterocycles. The van der Waals surface area contributed by atoms with Crippen molar-refractivity contribution in [1.29, 1.82) is 0 Å². The largest absolute Gasteiger partial charge is 0.486 e. The van der Waals surface area contributed by atoms with E-state index in [9.17, 15) is 8.42 Å². The van der Waals surface area contributed by atoms with Gasteiger partial charge < -0.3 is 14.4 Å². The number of halogens is 1. The predicted octanol–water partition coefficient (Wildman–Crippen LogP) is 1.40. The maximum absolute atomic E-state index is 12.2. The SMILES string of the molecule is C[C@H]1COCC2COc3c(nc(Cl)nc3C(C)(C)S(C)(=O)=O)N21. The number of ether oxygens (including phenoxy) is 2. The summed E-state index contributed by atoms with van der Waals surface area (Å²) in [6.07, 6.45) is 1.18. The average Bonchev–Trinajstić information content (AvgIpc) is 2.44. The highest BCUT2D eigenvalue weighted by molar-refractivity contribution is 7.91. The Morgan fingerprint density at radius 1 is 1.26 bits per heavy atom. The molecule has 1 unspecified atom stereocenters. The van der Waals surface area contributed by atoms with Gasteiger partial charge in [0.1, 0.15) is 17.0 Å². The molecule has 2 aliphatic rings. The smallest absolute Gasteiger partial charge is 0.224 e. The van der Waals surface area contributed by atoms with E-state index >= 15 is 0 Å². The molecule has 1 aromatic heterocycles. The van der Waals surface area contributed by atoms with Gasteiger partial charge in [0.15, 0.2) is 21.4 Å². The molecule has 0 N–H and O–H groups in total. The summed E-state index contributed by atoms with van der Waals surface area (Å²) in [5, 5.41) is 0.0124. The second kappa shape index (κ2) is 5.46. The van der Waals surface area contributed by atoms with Crippen LogP contribution in [0.15, 0.2) is 0 Å². The van der Waals surface area contributed by atoms with Gasteiger partial charge in [-0.05, 0) is 32.4 Å². The minimum absolute atomic E-state index is 0.0124. The van der Waals surface area contributed by atoms with Crippen LogP contribution in [0.25, 0.3) is 0 Å². The molecule has 3 heterocycles. The van der Waals surface area contributed by atoms with Crippen LogP contribution in [0.1, 0.15) is 26.5 Å². The van der Waals surface area contributed by atoms with Gasteiger partial charge in [0.2, 0.25) is 5.28 Å². The van der Waals surface area contributed by atoms with Gasteiger partial charge in [-0.15, -0.1) is 0 Å². The van der Waals surface area contributed by atoms with Crippen LogP contribution in [0.3, 0.4) is 0 Å². The van der Waals surface area contributed by atoms with Crippen LogP contribution in [-0.2, 0) is 19.3 Å². The molecule has 0 bridgehead atoms. The minimum Gasteiger partial charge on any atom is -0.486 e. The molecule has 2 atom stereocenters. The third-order valence-electron chi connectivity index (χ3n) is 4.52. The number of aromatic nitrogens is 2. The monoisotopic (exact) mass is 361 g/mol. The molecule has 7 nitrogen and oxygen atoms in total. The fourth-order valence-electron chi connectivity index (χ4n) is 2.89. The van der Waals surface area contributed by atoms with Crippen molar-refractivity contribution in [2.75, 3.05) is 31.0 Å². The fourth-order valence-corrected chi connectivity index (χ4v) is 3.54. The molecule has 0 amide bonds. The van der Waals surface area contributed by atoms with Crippen molar-refractivity contribution in [1.82, 2.24) is 9.97 Å². The molecular formula is C14H20ClN3O4S. The number of sulfone groups is 1. The number of fused-ring (bicyclic) bond motifs is 3. The van der Waals surface area contributed by atoms with Crippen LogP contribution in [0.5, 0.6) is 5.75 Å². The normalized spacial score (nSPS) is 24.7. The highest BCUT2D eigenvalue weighted by Crippen LogP contribution is 2.43. The summed E-state index contributed by atoms with van der Waals surface area (Å²) in [5.74, 6) is 0.943. The maximum atomic E-state index is 12.2. The molecule has 1 aromatic rings. The van der Waals surface area contributed by atoms with Gasteiger partial charge in [0.25, 0.3) is 0 Å². The number of rotatable bonds is 2. The van der Waals surface area contributed by atoms with Crippen molar-refractivity contribution in [3.8, 4) is 5.75 Å². The van der Waals surface area contributed by atoms with Gasteiger partial charge in [0, 0.05) is 6.26 Å². The Kier molecular flexibility index (Phi) is 3.97. The van der Waals surface area contributed by atoms with Gasteiger partial charge >= 0.3 is 0 Å². The molecule has 3 rings (SSSR count). The predicted molar refractivity (Wildman–Crippen MR) is 87.0 cm³/mol. The van der Waals surface area contributed by atoms with E-state index < -0.39 is 14.6 Å². The summed E-state index contributed by atoms with van der Waals surface area (Å²) in [6, 6.07) is 0.128. The standard InChI is InChI=1S/C14H20ClN3O4S/c1-8-5-21-6-9-7-22-10-11(14(2,3)23(4,19)20)16-13(15)17-12(10)18(8)9/h8-9H,5-7H2,1-4H3/t8-,9?/m0/s1. The fraction of sp³-hybridized carbons (Fsp3) is 0.714. The molecule has 9 heteroatoms. The van der Waals surface area contributed by atoms with E-state index in [1.54, 1.807) is 13.8 Å². The molecule has 0 radical (unpaired) electrons. The van der Waals surface area contributed by atoms with Crippen molar-refractivity contribution >= 4 is 27.3 Å². The first-order valence-corrected chi connectivity index (χ1v) is 9.66. The molecule has 0 saturated carbocycles. The van der Waals surface area contributed by atoms with Crippen LogP contribution in [0.4, 0.5) is 5.82 Å². The van der Waals surface area contributed by atoms with Crippen molar-refractivity contribution in [3.05, 3.63) is 11.0 Å². The van der Waals surface area contributed by atoms with Crippen LogP contribution >= 0.6 is 11.6 Å². The number of hydrogen-bond donors (Lipinski definition) is 0. The number of anilines is 1. The van der Waals surface area contributed by atoms with E-state index in [-0.39, 0.29) is 17.4 Å². The Labute approximate surface area is 140 Å². The second-order valence-electron chi connectivity index (χ2n) is 6.54. The zero-order valence-corrected chi connectivity index (χ0v) is 15.1. The van der Waals surface area contributed by atoms with Crippen molar-refractivity contribution < 1.29 is 17.9 Å². The van der Waals surface area contributed by atoms with E-state index in [1.165, 1.54) is 6.26 Å². The third kappa shape index (κ3) is 2.66. The van der Waals surface area contributed by atoms with Gasteiger partial charge in [-0.1, -0.05) is 0 Å². The van der Waals surface area contributed by atoms with Crippen LogP contribution in [0.2, 0.25) is 5.28 Å². The molecule has 128 valence electrons. The third-order valence-corrected chi connectivity index (χ3v) is 6.74. The lowest BCUT2D eigenvalue weighted by Gasteiger charge is -2.45. The molecule has 0 spiro atoms. The van der Waals surface area contributed by atoms with Crippen LogP contribution < -0.4 is 9.64 Å². The highest BCUT2D eigenvalue weighted by atomic mass is 35.5. The lowest BCUT2D eigenvalue weighted by molar-refractivity contribution is 0.0482. The van der Waals surface area contributed by atoms with E-state index in [1.807, 2.05) is 6.92 Å². The minimum atomic E-state index is -3.42. The molecule has 1 fully saturated rings. The summed E-state index contributed by atoms with van der Waals surface area (Å²) in [4.78, 5) is 10.6. The number of nitrogens with zero attached hydrogens (tertiary/aromatic N) is 3. The van der Waals surface area contributed by atoms with Gasteiger partial charge in [0.05, 0.1) is 25.3 Å². The Hall–Kier alpha value is -1.12. The van der Waals surface area contributed by atoms with Crippen molar-refractivity contribution in [2.45, 2.75) is 37.6 Å². The van der Waals surface area contributed by atoms with Gasteiger partial charge in [-0.3, -0.25) is 0 Å². The highest BCUT2D eigenvalue weighted by Gasteiger charge is 2.43. The lowest BCUT2D eigenvalue weighted by Crippen LogP contribution is -2.56. The van der Waals surface area contributed by atoms with E-state index in [4.69, 9.17) is 21.1 Å². The summed E-state index contributed by atoms with van der Waals surface area (Å²) >= 11 is 6.09. The molecule has 0 aromatic carbocycles. The van der Waals surface area contributed by atoms with E-state index in [2.05, 4.69) is 14.9 Å². The Morgan fingerprint density at radius 3 is 2.61 bits per heavy atom.